The summed E-state index contributed by atoms with van der Waals surface area (Å²) in [5, 5.41) is 0. The summed E-state index contributed by atoms with van der Waals surface area (Å²) < 4.78 is 5.06. The first-order chi connectivity index (χ1) is 5.29. The summed E-state index contributed by atoms with van der Waals surface area (Å²) in [5.74, 6) is 0. The molecule has 1 saturated heterocycles. The molecule has 2 atom stereocenters. The molecule has 2 heterocycles. The van der Waals surface area contributed by atoms with Crippen molar-refractivity contribution < 1.29 is 9.53 Å². The number of rotatable bonds is 0. The van der Waals surface area contributed by atoms with E-state index in [2.05, 4.69) is 6.08 Å². The molecule has 0 aromatic rings. The van der Waals surface area contributed by atoms with E-state index in [4.69, 9.17) is 4.74 Å². The van der Waals surface area contributed by atoms with Gasteiger partial charge < -0.3 is 4.74 Å². The van der Waals surface area contributed by atoms with E-state index in [9.17, 15) is 4.79 Å². The Bertz CT molecular complexity index is 212. The van der Waals surface area contributed by atoms with Crippen LogP contribution in [0, 0.1) is 0 Å². The average Bonchev–Trinajstić information content (AvgIpc) is 2.30. The van der Waals surface area contributed by atoms with Crippen molar-refractivity contribution in [2.24, 2.45) is 0 Å². The van der Waals surface area contributed by atoms with Gasteiger partial charge in [0.25, 0.3) is 0 Å². The zero-order valence-corrected chi connectivity index (χ0v) is 6.49. The second kappa shape index (κ2) is 2.26. The molecule has 0 radical (unpaired) electrons. The van der Waals surface area contributed by atoms with Gasteiger partial charge in [-0.05, 0) is 13.3 Å². The van der Waals surface area contributed by atoms with E-state index in [-0.39, 0.29) is 18.2 Å². The maximum absolute atomic E-state index is 11.1. The van der Waals surface area contributed by atoms with Gasteiger partial charge in [-0.1, -0.05) is 12.2 Å². The molecule has 0 N–H and O–H groups in total. The van der Waals surface area contributed by atoms with Gasteiger partial charge in [-0.3, -0.25) is 4.90 Å². The highest BCUT2D eigenvalue weighted by Crippen LogP contribution is 2.24. The predicted molar refractivity (Wildman–Crippen MR) is 40.2 cm³/mol. The van der Waals surface area contributed by atoms with Gasteiger partial charge in [0.1, 0.15) is 6.10 Å². The van der Waals surface area contributed by atoms with Crippen LogP contribution in [0.3, 0.4) is 0 Å². The second-order valence-electron chi connectivity index (χ2n) is 3.02. The highest BCUT2D eigenvalue weighted by molar-refractivity contribution is 5.71. The molecule has 3 nitrogen and oxygen atoms in total. The van der Waals surface area contributed by atoms with Crippen molar-refractivity contribution in [2.45, 2.75) is 25.5 Å². The minimum absolute atomic E-state index is 0.0625. The number of carbonyl (C=O) groups is 1. The molecule has 60 valence electrons. The number of hydrogen-bond acceptors (Lipinski definition) is 2. The number of carbonyl (C=O) groups excluding carboxylic acids is 1. The average molecular weight is 153 g/mol. The number of hydrogen-bond donors (Lipinski definition) is 0. The summed E-state index contributed by atoms with van der Waals surface area (Å²) >= 11 is 0. The van der Waals surface area contributed by atoms with Gasteiger partial charge >= 0.3 is 6.09 Å². The fourth-order valence-electron chi connectivity index (χ4n) is 1.65. The summed E-state index contributed by atoms with van der Waals surface area (Å²) in [6, 6.07) is 0.285. The van der Waals surface area contributed by atoms with Crippen molar-refractivity contribution in [2.75, 3.05) is 6.54 Å². The van der Waals surface area contributed by atoms with Crippen LogP contribution in [0.2, 0.25) is 0 Å². The molecule has 0 saturated carbocycles. The third-order valence-corrected chi connectivity index (χ3v) is 2.31. The molecule has 2 aliphatic heterocycles. The highest BCUT2D eigenvalue weighted by atomic mass is 16.6. The zero-order chi connectivity index (χ0) is 7.84. The predicted octanol–water partition coefficient (Wildman–Crippen LogP) is 1.16. The van der Waals surface area contributed by atoms with E-state index in [1.54, 1.807) is 4.90 Å². The molecule has 0 aromatic heterocycles. The van der Waals surface area contributed by atoms with Crippen LogP contribution in [0.1, 0.15) is 13.3 Å². The van der Waals surface area contributed by atoms with Crippen LogP contribution >= 0.6 is 0 Å². The lowest BCUT2D eigenvalue weighted by Crippen LogP contribution is -2.37. The number of fused-ring (bicyclic) bond motifs is 1. The van der Waals surface area contributed by atoms with E-state index in [0.717, 1.165) is 6.42 Å². The Morgan fingerprint density at radius 1 is 1.64 bits per heavy atom. The van der Waals surface area contributed by atoms with Crippen molar-refractivity contribution in [3.8, 4) is 0 Å². The largest absolute Gasteiger partial charge is 0.444 e. The van der Waals surface area contributed by atoms with Crippen molar-refractivity contribution in [3.63, 3.8) is 0 Å². The zero-order valence-electron chi connectivity index (χ0n) is 6.49. The Kier molecular flexibility index (Phi) is 1.37. The molecule has 11 heavy (non-hydrogen) atoms. The Labute approximate surface area is 65.6 Å². The van der Waals surface area contributed by atoms with Crippen molar-refractivity contribution in [1.29, 1.82) is 0 Å². The minimum atomic E-state index is -0.160. The Morgan fingerprint density at radius 3 is 3.18 bits per heavy atom. The molecule has 2 rings (SSSR count). The third-order valence-electron chi connectivity index (χ3n) is 2.31. The summed E-state index contributed by atoms with van der Waals surface area (Å²) in [7, 11) is 0. The lowest BCUT2D eigenvalue weighted by molar-refractivity contribution is 0.138. The molecule has 1 amide bonds. The number of ether oxygens (including phenoxy) is 1. The topological polar surface area (TPSA) is 29.5 Å². The molecular formula is C8H11NO2. The van der Waals surface area contributed by atoms with Gasteiger partial charge in [-0.15, -0.1) is 0 Å². The van der Waals surface area contributed by atoms with E-state index in [1.807, 2.05) is 13.0 Å². The number of nitrogens with zero attached hydrogens (tertiary/aromatic N) is 1. The van der Waals surface area contributed by atoms with Crippen molar-refractivity contribution in [3.05, 3.63) is 12.2 Å². The summed E-state index contributed by atoms with van der Waals surface area (Å²) in [4.78, 5) is 12.9. The quantitative estimate of drug-likeness (QED) is 0.489. The smallest absolute Gasteiger partial charge is 0.410 e. The van der Waals surface area contributed by atoms with Crippen LogP contribution < -0.4 is 0 Å². The van der Waals surface area contributed by atoms with Crippen LogP contribution in [0.5, 0.6) is 0 Å². The highest BCUT2D eigenvalue weighted by Gasteiger charge is 2.38. The monoisotopic (exact) mass is 153 g/mol. The third kappa shape index (κ3) is 0.914. The normalized spacial score (nSPS) is 35.4. The Hall–Kier alpha value is -0.990. The summed E-state index contributed by atoms with van der Waals surface area (Å²) in [6.45, 7) is 2.66. The fraction of sp³-hybridized carbons (Fsp3) is 0.625. The van der Waals surface area contributed by atoms with Crippen molar-refractivity contribution >= 4 is 6.09 Å². The fourth-order valence-corrected chi connectivity index (χ4v) is 1.65. The van der Waals surface area contributed by atoms with E-state index < -0.39 is 0 Å². The second-order valence-corrected chi connectivity index (χ2v) is 3.02. The van der Waals surface area contributed by atoms with Gasteiger partial charge in [0.15, 0.2) is 0 Å². The lowest BCUT2D eigenvalue weighted by Gasteiger charge is -2.23. The molecule has 0 aromatic carbocycles. The first kappa shape index (κ1) is 6.70. The maximum atomic E-state index is 11.1. The van der Waals surface area contributed by atoms with Gasteiger partial charge in [-0.25, -0.2) is 4.79 Å². The first-order valence-electron chi connectivity index (χ1n) is 3.91. The number of cyclic esters (lactones) is 1. The van der Waals surface area contributed by atoms with Crippen LogP contribution in [0.15, 0.2) is 12.2 Å². The van der Waals surface area contributed by atoms with Crippen LogP contribution in [0.4, 0.5) is 4.79 Å². The van der Waals surface area contributed by atoms with Gasteiger partial charge in [0.05, 0.1) is 6.04 Å². The van der Waals surface area contributed by atoms with Gasteiger partial charge in [0.2, 0.25) is 0 Å². The van der Waals surface area contributed by atoms with Crippen LogP contribution in [-0.2, 0) is 4.74 Å². The van der Waals surface area contributed by atoms with Crippen molar-refractivity contribution in [1.82, 2.24) is 4.90 Å². The molecular weight excluding hydrogens is 142 g/mol. The lowest BCUT2D eigenvalue weighted by atomic mass is 10.1. The van der Waals surface area contributed by atoms with Gasteiger partial charge in [0, 0.05) is 6.54 Å². The summed E-state index contributed by atoms with van der Waals surface area (Å²) in [6.07, 6.45) is 4.96. The SMILES string of the molecule is C[C@H]1OC(=O)N2CC=CC[C@H]12. The molecule has 0 spiro atoms. The molecule has 2 aliphatic rings. The number of amides is 1. The Morgan fingerprint density at radius 2 is 2.45 bits per heavy atom. The molecule has 1 fully saturated rings. The standard InChI is InChI=1S/C8H11NO2/c1-6-7-4-2-3-5-9(7)8(10)11-6/h2-3,6-7H,4-5H2,1H3/t6-,7-/m1/s1. The summed E-state index contributed by atoms with van der Waals surface area (Å²) in [5.41, 5.74) is 0. The molecule has 0 unspecified atom stereocenters. The maximum Gasteiger partial charge on any atom is 0.410 e. The van der Waals surface area contributed by atoms with E-state index in [1.165, 1.54) is 0 Å². The Balaban J connectivity index is 2.21. The molecule has 0 bridgehead atoms. The molecule has 3 heteroatoms. The van der Waals surface area contributed by atoms with E-state index in [0.29, 0.717) is 6.54 Å². The van der Waals surface area contributed by atoms with Crippen LogP contribution in [-0.4, -0.2) is 29.7 Å². The van der Waals surface area contributed by atoms with Gasteiger partial charge in [-0.2, -0.15) is 0 Å². The molecule has 0 aliphatic carbocycles. The van der Waals surface area contributed by atoms with E-state index >= 15 is 0 Å². The van der Waals surface area contributed by atoms with Crippen LogP contribution in [0.25, 0.3) is 0 Å². The minimum Gasteiger partial charge on any atom is -0.444 e. The first-order valence-corrected chi connectivity index (χ1v) is 3.91.